The van der Waals surface area contributed by atoms with Crippen LogP contribution in [0.25, 0.3) is 11.0 Å². The van der Waals surface area contributed by atoms with Crippen molar-refractivity contribution >= 4 is 16.9 Å². The Morgan fingerprint density at radius 2 is 1.52 bits per heavy atom. The number of carbonyl (C=O) groups excluding carboxylic acids is 1. The fourth-order valence-corrected chi connectivity index (χ4v) is 4.62. The summed E-state index contributed by atoms with van der Waals surface area (Å²) in [6.07, 6.45) is 15.4. The number of hydrogen-bond donors (Lipinski definition) is 0. The van der Waals surface area contributed by atoms with Gasteiger partial charge in [-0.15, -0.1) is 0 Å². The summed E-state index contributed by atoms with van der Waals surface area (Å²) in [6, 6.07) is 13.8. The second-order valence-electron chi connectivity index (χ2n) is 10.9. The summed E-state index contributed by atoms with van der Waals surface area (Å²) in [5.41, 5.74) is 2.39. The Morgan fingerprint density at radius 1 is 0.810 bits per heavy atom. The van der Waals surface area contributed by atoms with Crippen molar-refractivity contribution in [2.75, 3.05) is 13.2 Å². The first-order valence-electron chi connectivity index (χ1n) is 15.3. The molecule has 1 heterocycles. The van der Waals surface area contributed by atoms with E-state index in [1.165, 1.54) is 43.3 Å². The molecule has 0 radical (unpaired) electrons. The normalized spacial score (nSPS) is 11.4. The zero-order chi connectivity index (χ0) is 30.2. The highest BCUT2D eigenvalue weighted by Gasteiger charge is 2.24. The van der Waals surface area contributed by atoms with Crippen LogP contribution in [0, 0.1) is 0 Å². The van der Waals surface area contributed by atoms with Crippen molar-refractivity contribution in [2.45, 2.75) is 91.9 Å². The molecule has 0 aliphatic carbocycles. The molecule has 0 aliphatic heterocycles. The minimum Gasteiger partial charge on any atom is -0.489 e. The molecule has 0 aliphatic rings. The number of carbonyl (C=O) groups is 1. The molecule has 0 amide bonds. The van der Waals surface area contributed by atoms with Crippen LogP contribution < -0.4 is 19.8 Å². The van der Waals surface area contributed by atoms with Gasteiger partial charge in [-0.05, 0) is 70.4 Å². The average Bonchev–Trinajstić information content (AvgIpc) is 2.97. The van der Waals surface area contributed by atoms with E-state index < -0.39 is 11.6 Å². The van der Waals surface area contributed by atoms with Crippen LogP contribution in [0.4, 0.5) is 0 Å². The smallest absolute Gasteiger partial charge is 0.383 e. The molecule has 0 saturated heterocycles. The van der Waals surface area contributed by atoms with E-state index in [2.05, 4.69) is 33.8 Å². The molecule has 0 spiro atoms. The molecule has 0 N–H and O–H groups in total. The third kappa shape index (κ3) is 10.6. The van der Waals surface area contributed by atoms with Gasteiger partial charge in [-0.2, -0.15) is 0 Å². The minimum absolute atomic E-state index is 0.174. The largest absolute Gasteiger partial charge is 0.489 e. The zero-order valence-corrected chi connectivity index (χ0v) is 25.7. The van der Waals surface area contributed by atoms with Crippen LogP contribution in [0.1, 0.15) is 102 Å². The Bertz CT molecular complexity index is 1380. The van der Waals surface area contributed by atoms with Crippen LogP contribution in [0.3, 0.4) is 0 Å². The van der Waals surface area contributed by atoms with Crippen molar-refractivity contribution in [3.63, 3.8) is 0 Å². The van der Waals surface area contributed by atoms with Gasteiger partial charge >= 0.3 is 11.6 Å². The molecule has 226 valence electrons. The monoisotopic (exact) mass is 574 g/mol. The first-order chi connectivity index (χ1) is 20.4. The molecule has 1 aromatic heterocycles. The molecule has 0 unspecified atom stereocenters. The van der Waals surface area contributed by atoms with Crippen LogP contribution in [0.5, 0.6) is 17.2 Å². The number of fused-ring (bicyclic) bond motifs is 1. The highest BCUT2D eigenvalue weighted by Crippen LogP contribution is 2.39. The molecule has 0 fully saturated rings. The van der Waals surface area contributed by atoms with E-state index in [4.69, 9.17) is 18.6 Å². The minimum atomic E-state index is -0.773. The third-order valence-electron chi connectivity index (χ3n) is 7.02. The molecule has 0 saturated carbocycles. The molecule has 0 bridgehead atoms. The Balaban J connectivity index is 1.83. The standard InChI is InChI=1S/C36H46O6/c1-5-6-7-8-9-10-11-15-25-40-33-32-30(39-26-24-28(4)19-16-18-27(2)3)22-17-23-31(32)41-36(38)34(33)42-35(37)29-20-13-12-14-21-29/h12-14,17-18,20-24H,5-11,15-16,19,25-26H2,1-4H3. The van der Waals surface area contributed by atoms with Gasteiger partial charge in [0, 0.05) is 0 Å². The highest BCUT2D eigenvalue weighted by atomic mass is 16.6. The fourth-order valence-electron chi connectivity index (χ4n) is 4.62. The van der Waals surface area contributed by atoms with Crippen LogP contribution >= 0.6 is 0 Å². The summed E-state index contributed by atoms with van der Waals surface area (Å²) < 4.78 is 23.6. The summed E-state index contributed by atoms with van der Waals surface area (Å²) in [4.78, 5) is 26.0. The SMILES string of the molecule is CCCCCCCCCCOc1c(OC(=O)c2ccccc2)c(=O)oc2cccc(OCC=C(C)CCC=C(C)C)c12. The van der Waals surface area contributed by atoms with E-state index in [-0.39, 0.29) is 11.5 Å². The summed E-state index contributed by atoms with van der Waals surface area (Å²) in [6.45, 7) is 9.22. The number of benzene rings is 2. The second kappa shape index (κ2) is 17.9. The van der Waals surface area contributed by atoms with Gasteiger partial charge in [0.05, 0.1) is 12.2 Å². The van der Waals surface area contributed by atoms with Crippen molar-refractivity contribution in [1.29, 1.82) is 0 Å². The summed E-state index contributed by atoms with van der Waals surface area (Å²) in [5, 5.41) is 0.475. The third-order valence-corrected chi connectivity index (χ3v) is 7.02. The molecule has 0 atom stereocenters. The fraction of sp³-hybridized carbons (Fsp3) is 0.444. The topological polar surface area (TPSA) is 75.0 Å². The van der Waals surface area contributed by atoms with Gasteiger partial charge in [0.2, 0.25) is 0 Å². The molecule has 42 heavy (non-hydrogen) atoms. The lowest BCUT2D eigenvalue weighted by Crippen LogP contribution is -2.16. The Hall–Kier alpha value is -3.80. The summed E-state index contributed by atoms with van der Waals surface area (Å²) in [5.74, 6) is -0.256. The van der Waals surface area contributed by atoms with Crippen molar-refractivity contribution < 1.29 is 23.4 Å². The lowest BCUT2D eigenvalue weighted by molar-refractivity contribution is 0.0721. The van der Waals surface area contributed by atoms with Crippen molar-refractivity contribution in [1.82, 2.24) is 0 Å². The lowest BCUT2D eigenvalue weighted by Gasteiger charge is -2.15. The zero-order valence-electron chi connectivity index (χ0n) is 25.7. The Labute approximate surface area is 250 Å². The number of rotatable bonds is 18. The van der Waals surface area contributed by atoms with Gasteiger partial charge in [-0.25, -0.2) is 9.59 Å². The van der Waals surface area contributed by atoms with Gasteiger partial charge < -0.3 is 18.6 Å². The van der Waals surface area contributed by atoms with Gasteiger partial charge in [0.25, 0.3) is 5.75 Å². The maximum atomic E-state index is 13.1. The van der Waals surface area contributed by atoms with Crippen molar-refractivity contribution in [3.8, 4) is 17.2 Å². The van der Waals surface area contributed by atoms with E-state index in [0.717, 1.165) is 32.1 Å². The molecule has 2 aromatic carbocycles. The van der Waals surface area contributed by atoms with E-state index in [1.54, 1.807) is 48.5 Å². The summed E-state index contributed by atoms with van der Waals surface area (Å²) in [7, 11) is 0. The van der Waals surface area contributed by atoms with E-state index in [0.29, 0.717) is 35.5 Å². The van der Waals surface area contributed by atoms with Gasteiger partial charge in [-0.1, -0.05) is 93.4 Å². The van der Waals surface area contributed by atoms with Crippen molar-refractivity contribution in [3.05, 3.63) is 87.8 Å². The number of allylic oxidation sites excluding steroid dienone is 3. The van der Waals surface area contributed by atoms with Gasteiger partial charge in [0.1, 0.15) is 23.3 Å². The second-order valence-corrected chi connectivity index (χ2v) is 10.9. The van der Waals surface area contributed by atoms with E-state index in [9.17, 15) is 9.59 Å². The first kappa shape index (κ1) is 32.7. The number of unbranched alkanes of at least 4 members (excludes halogenated alkanes) is 7. The molecule has 6 nitrogen and oxygen atoms in total. The maximum Gasteiger partial charge on any atom is 0.383 e. The number of esters is 1. The highest BCUT2D eigenvalue weighted by molar-refractivity contribution is 5.95. The van der Waals surface area contributed by atoms with Crippen LogP contribution in [0.2, 0.25) is 0 Å². The van der Waals surface area contributed by atoms with E-state index in [1.807, 2.05) is 6.08 Å². The van der Waals surface area contributed by atoms with Crippen molar-refractivity contribution in [2.24, 2.45) is 0 Å². The number of hydrogen-bond acceptors (Lipinski definition) is 6. The van der Waals surface area contributed by atoms with Gasteiger partial charge in [-0.3, -0.25) is 0 Å². The Morgan fingerprint density at radius 3 is 2.24 bits per heavy atom. The first-order valence-corrected chi connectivity index (χ1v) is 15.3. The quantitative estimate of drug-likeness (QED) is 0.0652. The van der Waals surface area contributed by atoms with Crippen LogP contribution in [-0.2, 0) is 0 Å². The summed E-state index contributed by atoms with van der Waals surface area (Å²) >= 11 is 0. The predicted octanol–water partition coefficient (Wildman–Crippen LogP) is 9.60. The molecular weight excluding hydrogens is 528 g/mol. The molecule has 3 rings (SSSR count). The molecular formula is C36H46O6. The lowest BCUT2D eigenvalue weighted by atomic mass is 10.1. The Kier molecular flexibility index (Phi) is 13.9. The van der Waals surface area contributed by atoms with Gasteiger partial charge in [0.15, 0.2) is 5.75 Å². The molecule has 3 aromatic rings. The van der Waals surface area contributed by atoms with Crippen LogP contribution in [0.15, 0.2) is 81.0 Å². The van der Waals surface area contributed by atoms with E-state index >= 15 is 0 Å². The van der Waals surface area contributed by atoms with Crippen LogP contribution in [-0.4, -0.2) is 19.2 Å². The maximum absolute atomic E-state index is 13.1. The number of ether oxygens (including phenoxy) is 3. The average molecular weight is 575 g/mol. The molecule has 6 heteroatoms. The predicted molar refractivity (Wildman–Crippen MR) is 170 cm³/mol.